The van der Waals surface area contributed by atoms with Crippen molar-refractivity contribution in [3.8, 4) is 5.75 Å². The summed E-state index contributed by atoms with van der Waals surface area (Å²) in [6.07, 6.45) is 1.87. The number of nitrogens with zero attached hydrogens (tertiary/aromatic N) is 2. The van der Waals surface area contributed by atoms with Gasteiger partial charge in [0.1, 0.15) is 0 Å². The molecule has 1 N–H and O–H groups in total. The number of hydrogen-bond acceptors (Lipinski definition) is 3. The first kappa shape index (κ1) is 19.2. The van der Waals surface area contributed by atoms with Crippen LogP contribution in [0.2, 0.25) is 0 Å². The summed E-state index contributed by atoms with van der Waals surface area (Å²) >= 11 is 0. The lowest BCUT2D eigenvalue weighted by atomic mass is 10.0. The largest absolute Gasteiger partial charge is 0.494 e. The summed E-state index contributed by atoms with van der Waals surface area (Å²) < 4.78 is 18.7. The molecule has 0 atom stereocenters. The molecule has 1 aromatic carbocycles. The van der Waals surface area contributed by atoms with Gasteiger partial charge in [-0.2, -0.15) is 0 Å². The van der Waals surface area contributed by atoms with Gasteiger partial charge in [-0.05, 0) is 37.5 Å². The number of likely N-dealkylation sites (tertiary alicyclic amines) is 1. The van der Waals surface area contributed by atoms with Crippen molar-refractivity contribution in [3.63, 3.8) is 0 Å². The van der Waals surface area contributed by atoms with E-state index in [-0.39, 0.29) is 17.8 Å². The van der Waals surface area contributed by atoms with Gasteiger partial charge < -0.3 is 15.0 Å². The SMILES string of the molecule is C=C(C)CN1CCC(NC(=O)N(C)Cc2ccc(OC)c(F)c2)CC1. The van der Waals surface area contributed by atoms with Crippen molar-refractivity contribution < 1.29 is 13.9 Å². The third-order valence-corrected chi connectivity index (χ3v) is 4.39. The Morgan fingerprint density at radius 1 is 1.44 bits per heavy atom. The highest BCUT2D eigenvalue weighted by molar-refractivity contribution is 5.74. The molecule has 0 unspecified atom stereocenters. The summed E-state index contributed by atoms with van der Waals surface area (Å²) in [6.45, 7) is 9.17. The monoisotopic (exact) mass is 349 g/mol. The molecule has 0 radical (unpaired) electrons. The first-order valence-electron chi connectivity index (χ1n) is 8.60. The minimum Gasteiger partial charge on any atom is -0.494 e. The van der Waals surface area contributed by atoms with E-state index in [1.54, 1.807) is 24.1 Å². The number of methoxy groups -OCH3 is 1. The van der Waals surface area contributed by atoms with E-state index in [9.17, 15) is 9.18 Å². The molecule has 1 saturated heterocycles. The Morgan fingerprint density at radius 3 is 2.68 bits per heavy atom. The maximum atomic E-state index is 13.7. The number of amides is 2. The van der Waals surface area contributed by atoms with Gasteiger partial charge in [0.15, 0.2) is 11.6 Å². The molecule has 138 valence electrons. The van der Waals surface area contributed by atoms with Crippen LogP contribution in [-0.4, -0.2) is 55.7 Å². The Morgan fingerprint density at radius 2 is 2.12 bits per heavy atom. The first-order valence-corrected chi connectivity index (χ1v) is 8.60. The Hall–Kier alpha value is -2.08. The quantitative estimate of drug-likeness (QED) is 0.803. The molecule has 1 heterocycles. The summed E-state index contributed by atoms with van der Waals surface area (Å²) in [5.41, 5.74) is 1.89. The van der Waals surface area contributed by atoms with E-state index >= 15 is 0 Å². The second-order valence-electron chi connectivity index (χ2n) is 6.78. The van der Waals surface area contributed by atoms with E-state index in [0.717, 1.165) is 43.6 Å². The normalized spacial score (nSPS) is 15.7. The fourth-order valence-corrected chi connectivity index (χ4v) is 3.06. The van der Waals surface area contributed by atoms with Gasteiger partial charge in [0.2, 0.25) is 0 Å². The fourth-order valence-electron chi connectivity index (χ4n) is 3.06. The number of hydrogen-bond donors (Lipinski definition) is 1. The zero-order valence-corrected chi connectivity index (χ0v) is 15.3. The molecule has 0 saturated carbocycles. The second kappa shape index (κ2) is 8.85. The number of halogens is 1. The summed E-state index contributed by atoms with van der Waals surface area (Å²) in [7, 11) is 3.15. The zero-order chi connectivity index (χ0) is 18.4. The van der Waals surface area contributed by atoms with E-state index in [0.29, 0.717) is 6.54 Å². The van der Waals surface area contributed by atoms with E-state index in [4.69, 9.17) is 4.74 Å². The van der Waals surface area contributed by atoms with E-state index in [1.165, 1.54) is 13.2 Å². The fraction of sp³-hybridized carbons (Fsp3) is 0.526. The molecule has 0 spiro atoms. The Bertz CT molecular complexity index is 613. The molecule has 6 heteroatoms. The van der Waals surface area contributed by atoms with Crippen LogP contribution < -0.4 is 10.1 Å². The smallest absolute Gasteiger partial charge is 0.317 e. The number of carbonyl (C=O) groups excluding carboxylic acids is 1. The van der Waals surface area contributed by atoms with Gasteiger partial charge in [-0.15, -0.1) is 0 Å². The molecule has 1 fully saturated rings. The van der Waals surface area contributed by atoms with Crippen molar-refractivity contribution in [1.82, 2.24) is 15.1 Å². The van der Waals surface area contributed by atoms with Crippen molar-refractivity contribution in [2.75, 3.05) is 33.8 Å². The average molecular weight is 349 g/mol. The van der Waals surface area contributed by atoms with Crippen LogP contribution in [0.15, 0.2) is 30.4 Å². The van der Waals surface area contributed by atoms with Gasteiger partial charge >= 0.3 is 6.03 Å². The second-order valence-corrected chi connectivity index (χ2v) is 6.78. The number of piperidine rings is 1. The Kier molecular flexibility index (Phi) is 6.82. The highest BCUT2D eigenvalue weighted by atomic mass is 19.1. The third kappa shape index (κ3) is 5.74. The number of benzene rings is 1. The molecule has 1 aliphatic rings. The summed E-state index contributed by atoms with van der Waals surface area (Å²) in [6, 6.07) is 4.80. The maximum absolute atomic E-state index is 13.7. The average Bonchev–Trinajstić information content (AvgIpc) is 2.56. The third-order valence-electron chi connectivity index (χ3n) is 4.39. The summed E-state index contributed by atoms with van der Waals surface area (Å²) in [4.78, 5) is 16.3. The number of urea groups is 1. The predicted octanol–water partition coefficient (Wildman–Crippen LogP) is 3.02. The molecule has 25 heavy (non-hydrogen) atoms. The van der Waals surface area contributed by atoms with Gasteiger partial charge in [0.05, 0.1) is 7.11 Å². The molecule has 0 aliphatic carbocycles. The van der Waals surface area contributed by atoms with Crippen molar-refractivity contribution in [3.05, 3.63) is 41.7 Å². The van der Waals surface area contributed by atoms with Crippen LogP contribution >= 0.6 is 0 Å². The molecule has 5 nitrogen and oxygen atoms in total. The Labute approximate surface area is 149 Å². The van der Waals surface area contributed by atoms with Crippen LogP contribution in [0.5, 0.6) is 5.75 Å². The summed E-state index contributed by atoms with van der Waals surface area (Å²) in [5, 5.41) is 3.07. The molecule has 1 aliphatic heterocycles. The van der Waals surface area contributed by atoms with Crippen molar-refractivity contribution in [2.24, 2.45) is 0 Å². The van der Waals surface area contributed by atoms with Crippen LogP contribution in [0.4, 0.5) is 9.18 Å². The molecule has 1 aromatic rings. The van der Waals surface area contributed by atoms with Crippen molar-refractivity contribution in [2.45, 2.75) is 32.4 Å². The number of rotatable bonds is 6. The predicted molar refractivity (Wildman–Crippen MR) is 97.2 cm³/mol. The first-order chi connectivity index (χ1) is 11.9. The van der Waals surface area contributed by atoms with Gasteiger partial charge in [-0.25, -0.2) is 9.18 Å². The highest BCUT2D eigenvalue weighted by Crippen LogP contribution is 2.18. The highest BCUT2D eigenvalue weighted by Gasteiger charge is 2.22. The van der Waals surface area contributed by atoms with Crippen LogP contribution in [-0.2, 0) is 6.54 Å². The van der Waals surface area contributed by atoms with Gasteiger partial charge in [-0.3, -0.25) is 4.90 Å². The van der Waals surface area contributed by atoms with Crippen molar-refractivity contribution in [1.29, 1.82) is 0 Å². The van der Waals surface area contributed by atoms with Gasteiger partial charge in [0, 0.05) is 39.3 Å². The zero-order valence-electron chi connectivity index (χ0n) is 15.3. The van der Waals surface area contributed by atoms with Gasteiger partial charge in [-0.1, -0.05) is 18.2 Å². The molecule has 0 bridgehead atoms. The van der Waals surface area contributed by atoms with Gasteiger partial charge in [0.25, 0.3) is 0 Å². The summed E-state index contributed by atoms with van der Waals surface area (Å²) in [5.74, 6) is -0.212. The van der Waals surface area contributed by atoms with E-state index in [2.05, 4.69) is 16.8 Å². The van der Waals surface area contributed by atoms with Crippen molar-refractivity contribution >= 4 is 6.03 Å². The minimum atomic E-state index is -0.418. The topological polar surface area (TPSA) is 44.8 Å². The van der Waals surface area contributed by atoms with Crippen LogP contribution in [0.25, 0.3) is 0 Å². The number of ether oxygens (including phenoxy) is 1. The molecular formula is C19H28FN3O2. The lowest BCUT2D eigenvalue weighted by molar-refractivity contribution is 0.182. The Balaban J connectivity index is 1.81. The standard InChI is InChI=1S/C19H28FN3O2/c1-14(2)12-23-9-7-16(8-10-23)21-19(24)22(3)13-15-5-6-18(25-4)17(20)11-15/h5-6,11,16H,1,7-10,12-13H2,2-4H3,(H,21,24). The molecule has 2 rings (SSSR count). The minimum absolute atomic E-state index is 0.130. The van der Waals surface area contributed by atoms with Crippen LogP contribution in [0, 0.1) is 5.82 Å². The number of carbonyl (C=O) groups is 1. The van der Waals surface area contributed by atoms with Crippen LogP contribution in [0.1, 0.15) is 25.3 Å². The molecule has 0 aromatic heterocycles. The lowest BCUT2D eigenvalue weighted by Crippen LogP contribution is -2.48. The molecule has 2 amide bonds. The van der Waals surface area contributed by atoms with E-state index in [1.807, 2.05) is 6.92 Å². The maximum Gasteiger partial charge on any atom is 0.317 e. The molecular weight excluding hydrogens is 321 g/mol. The van der Waals surface area contributed by atoms with Crippen LogP contribution in [0.3, 0.4) is 0 Å². The lowest BCUT2D eigenvalue weighted by Gasteiger charge is -2.33. The number of nitrogens with one attached hydrogen (secondary N) is 1. The van der Waals surface area contributed by atoms with E-state index < -0.39 is 5.82 Å².